The number of unbranched alkanes of at least 4 members (excludes halogenated alkanes) is 37. The van der Waals surface area contributed by atoms with Crippen LogP contribution in [0.25, 0.3) is 0 Å². The van der Waals surface area contributed by atoms with Crippen LogP contribution in [0.4, 0.5) is 0 Å². The lowest BCUT2D eigenvalue weighted by Gasteiger charge is -2.24. The van der Waals surface area contributed by atoms with E-state index in [1.165, 1.54) is 199 Å². The minimum Gasteiger partial charge on any atom is -0.462 e. The van der Waals surface area contributed by atoms with Crippen molar-refractivity contribution in [1.82, 2.24) is 0 Å². The van der Waals surface area contributed by atoms with E-state index in [-0.39, 0.29) is 32.0 Å². The van der Waals surface area contributed by atoms with Gasteiger partial charge in [0, 0.05) is 12.8 Å². The van der Waals surface area contributed by atoms with Crippen LogP contribution in [0, 0.1) is 0 Å². The molecule has 0 aliphatic rings. The van der Waals surface area contributed by atoms with E-state index in [4.69, 9.17) is 18.5 Å². The summed E-state index contributed by atoms with van der Waals surface area (Å²) >= 11 is 0. The number of rotatable bonds is 73. The fourth-order valence-electron chi connectivity index (χ4n) is 11.1. The van der Waals surface area contributed by atoms with Crippen molar-refractivity contribution in [3.8, 4) is 0 Å². The Morgan fingerprint density at radius 2 is 0.594 bits per heavy atom. The van der Waals surface area contributed by atoms with Crippen LogP contribution in [0.5, 0.6) is 0 Å². The summed E-state index contributed by atoms with van der Waals surface area (Å²) in [4.78, 5) is 36.0. The molecule has 0 fully saturated rings. The maximum absolute atomic E-state index is 12.9. The van der Waals surface area contributed by atoms with Crippen LogP contribution < -0.4 is 0 Å². The van der Waals surface area contributed by atoms with Crippen molar-refractivity contribution < 1.29 is 42.1 Å². The first-order valence-electron chi connectivity index (χ1n) is 39.9. The molecular weight excluding hydrogens is 1210 g/mol. The molecular formula is C86H151NO8P+. The summed E-state index contributed by atoms with van der Waals surface area (Å²) in [5, 5.41) is 0. The molecule has 0 aromatic carbocycles. The third-order valence-electron chi connectivity index (χ3n) is 17.2. The molecule has 1 N–H and O–H groups in total. The number of allylic oxidation sites excluding steroid dienone is 22. The zero-order valence-corrected chi connectivity index (χ0v) is 64.0. The third-order valence-corrected chi connectivity index (χ3v) is 18.1. The van der Waals surface area contributed by atoms with Gasteiger partial charge in [-0.25, -0.2) is 4.57 Å². The average molecular weight is 1360 g/mol. The normalized spacial score (nSPS) is 13.8. The first-order chi connectivity index (χ1) is 47.0. The number of ether oxygens (including phenoxy) is 2. The molecule has 0 saturated heterocycles. The van der Waals surface area contributed by atoms with Gasteiger partial charge in [-0.05, 0) is 116 Å². The van der Waals surface area contributed by atoms with Crippen molar-refractivity contribution in [3.05, 3.63) is 134 Å². The van der Waals surface area contributed by atoms with Gasteiger partial charge in [0.15, 0.2) is 6.10 Å². The van der Waals surface area contributed by atoms with Crippen molar-refractivity contribution in [2.75, 3.05) is 47.5 Å². The molecule has 0 aliphatic heterocycles. The van der Waals surface area contributed by atoms with Gasteiger partial charge in [0.05, 0.1) is 27.7 Å². The lowest BCUT2D eigenvalue weighted by molar-refractivity contribution is -0.870. The number of hydrogen-bond acceptors (Lipinski definition) is 7. The third kappa shape index (κ3) is 79.1. The van der Waals surface area contributed by atoms with Gasteiger partial charge in [-0.15, -0.1) is 0 Å². The minimum atomic E-state index is -4.41. The number of hydrogen-bond donors (Lipinski definition) is 1. The van der Waals surface area contributed by atoms with E-state index in [9.17, 15) is 19.0 Å². The average Bonchev–Trinajstić information content (AvgIpc) is 1.48. The summed E-state index contributed by atoms with van der Waals surface area (Å²) < 4.78 is 34.8. The Morgan fingerprint density at radius 3 is 0.885 bits per heavy atom. The fraction of sp³-hybridized carbons (Fsp3) is 0.721. The maximum atomic E-state index is 12.9. The smallest absolute Gasteiger partial charge is 0.462 e. The van der Waals surface area contributed by atoms with Crippen LogP contribution in [0.15, 0.2) is 134 Å². The molecule has 552 valence electrons. The lowest BCUT2D eigenvalue weighted by atomic mass is 10.0. The van der Waals surface area contributed by atoms with Crippen LogP contribution in [0.3, 0.4) is 0 Å². The highest BCUT2D eigenvalue weighted by Gasteiger charge is 2.27. The Morgan fingerprint density at radius 1 is 0.333 bits per heavy atom. The topological polar surface area (TPSA) is 108 Å². The van der Waals surface area contributed by atoms with Gasteiger partial charge in [0.1, 0.15) is 19.8 Å². The van der Waals surface area contributed by atoms with E-state index in [1.807, 2.05) is 21.1 Å². The quantitative estimate of drug-likeness (QED) is 0.0211. The van der Waals surface area contributed by atoms with Crippen molar-refractivity contribution in [2.45, 2.75) is 354 Å². The molecule has 9 nitrogen and oxygen atoms in total. The van der Waals surface area contributed by atoms with E-state index in [1.54, 1.807) is 0 Å². The van der Waals surface area contributed by atoms with Gasteiger partial charge in [-0.1, -0.05) is 353 Å². The Kier molecular flexibility index (Phi) is 72.3. The number of carbonyl (C=O) groups excluding carboxylic acids is 2. The molecule has 2 atom stereocenters. The number of phosphoric acid groups is 1. The number of nitrogens with zero attached hydrogens (tertiary/aromatic N) is 1. The monoisotopic (exact) mass is 1360 g/mol. The summed E-state index contributed by atoms with van der Waals surface area (Å²) in [6.45, 7) is 4.31. The van der Waals surface area contributed by atoms with E-state index >= 15 is 0 Å². The van der Waals surface area contributed by atoms with Gasteiger partial charge in [0.25, 0.3) is 0 Å². The van der Waals surface area contributed by atoms with Gasteiger partial charge in [-0.2, -0.15) is 0 Å². The predicted molar refractivity (Wildman–Crippen MR) is 417 cm³/mol. The highest BCUT2D eigenvalue weighted by atomic mass is 31.2. The van der Waals surface area contributed by atoms with Crippen molar-refractivity contribution >= 4 is 19.8 Å². The maximum Gasteiger partial charge on any atom is 0.472 e. The molecule has 0 bridgehead atoms. The van der Waals surface area contributed by atoms with E-state index < -0.39 is 26.5 Å². The van der Waals surface area contributed by atoms with Crippen LogP contribution in [-0.4, -0.2) is 74.9 Å². The number of quaternary nitrogens is 1. The Bertz CT molecular complexity index is 2090. The molecule has 96 heavy (non-hydrogen) atoms. The van der Waals surface area contributed by atoms with E-state index in [2.05, 4.69) is 148 Å². The predicted octanol–water partition coefficient (Wildman–Crippen LogP) is 26.7. The summed E-state index contributed by atoms with van der Waals surface area (Å²) in [7, 11) is 1.46. The molecule has 2 unspecified atom stereocenters. The zero-order chi connectivity index (χ0) is 69.7. The Hall–Kier alpha value is -3.85. The van der Waals surface area contributed by atoms with Gasteiger partial charge in [0.2, 0.25) is 0 Å². The molecule has 0 amide bonds. The zero-order valence-electron chi connectivity index (χ0n) is 63.1. The standard InChI is InChI=1S/C86H150NO8P/c1-6-8-10-12-14-16-18-20-22-24-26-28-30-32-34-36-38-40-41-42-43-44-45-47-48-50-52-54-56-58-60-62-64-66-68-70-72-74-76-78-85(88)92-82-84(83-94-96(90,91)93-81-80-87(3,4)5)95-86(89)79-77-75-73-71-69-67-65-63-61-59-57-55-53-51-49-46-39-37-35-33-31-29-27-25-23-21-19-17-15-13-11-9-7-2/h9,11,15,17-18,20-21,23-24,26-27,29,33,35,39,46,51,53,57,59,63,65,84H,6-8,10,12-14,16,19,22,25,28,30-32,34,36-38,40-45,47-50,52,54-56,58,60-62,64,66-83H2,1-5H3/p+1/b11-9-,17-15-,20-18-,23-21-,26-24-,29-27-,35-33-,46-39-,53-51-,59-57-,65-63-. The van der Waals surface area contributed by atoms with Crippen LogP contribution in [0.1, 0.15) is 348 Å². The van der Waals surface area contributed by atoms with Crippen molar-refractivity contribution in [3.63, 3.8) is 0 Å². The summed E-state index contributed by atoms with van der Waals surface area (Å²) in [6, 6.07) is 0. The second-order valence-corrected chi connectivity index (χ2v) is 29.2. The molecule has 0 radical (unpaired) electrons. The van der Waals surface area contributed by atoms with E-state index in [0.717, 1.165) is 116 Å². The second kappa shape index (κ2) is 75.4. The van der Waals surface area contributed by atoms with Crippen LogP contribution in [-0.2, 0) is 32.7 Å². The van der Waals surface area contributed by atoms with E-state index in [0.29, 0.717) is 17.4 Å². The first kappa shape index (κ1) is 92.2. The minimum absolute atomic E-state index is 0.0225. The Balaban J connectivity index is 4.01. The van der Waals surface area contributed by atoms with Gasteiger partial charge < -0.3 is 18.9 Å². The molecule has 0 heterocycles. The molecule has 0 spiro atoms. The number of likely N-dealkylation sites (N-methyl/N-ethyl adjacent to an activating group) is 1. The highest BCUT2D eigenvalue weighted by Crippen LogP contribution is 2.43. The molecule has 10 heteroatoms. The molecule has 0 aromatic rings. The van der Waals surface area contributed by atoms with Crippen molar-refractivity contribution in [2.24, 2.45) is 0 Å². The summed E-state index contributed by atoms with van der Waals surface area (Å²) in [5.41, 5.74) is 0. The Labute approximate surface area is 593 Å². The lowest BCUT2D eigenvalue weighted by Crippen LogP contribution is -2.37. The van der Waals surface area contributed by atoms with Gasteiger partial charge in [-0.3, -0.25) is 18.6 Å². The van der Waals surface area contributed by atoms with Crippen LogP contribution in [0.2, 0.25) is 0 Å². The summed E-state index contributed by atoms with van der Waals surface area (Å²) in [6.07, 6.45) is 110. The van der Waals surface area contributed by atoms with Crippen molar-refractivity contribution in [1.29, 1.82) is 0 Å². The number of esters is 2. The van der Waals surface area contributed by atoms with Crippen LogP contribution >= 0.6 is 7.82 Å². The number of carbonyl (C=O) groups is 2. The molecule has 0 saturated carbocycles. The molecule has 0 aromatic heterocycles. The molecule has 0 rings (SSSR count). The first-order valence-corrected chi connectivity index (χ1v) is 41.4. The van der Waals surface area contributed by atoms with Gasteiger partial charge >= 0.3 is 19.8 Å². The molecule has 0 aliphatic carbocycles. The fourth-order valence-corrected chi connectivity index (χ4v) is 11.8. The largest absolute Gasteiger partial charge is 0.472 e. The summed E-state index contributed by atoms with van der Waals surface area (Å²) in [5.74, 6) is -0.815. The highest BCUT2D eigenvalue weighted by molar-refractivity contribution is 7.47. The SMILES string of the molecule is CC/C=C\C/C=C\C/C=C\C/C=C\C/C=C\C/C=C\C/C=C\C/C=C\C/C=C\CCCCCCCC(=O)OC(COC(=O)CCCCCCCCCCCCCCCCCCCCCCCCCCCCC/C=C\C/C=C\CCCCCCC)COP(=O)(O)OCC[N+](C)(C)C. The second-order valence-electron chi connectivity index (χ2n) is 27.7. The number of phosphoric ester groups is 1.